The molecule has 1 aromatic carbocycles. The molecule has 0 saturated heterocycles. The molecule has 2 N–H and O–H groups in total. The van der Waals surface area contributed by atoms with Gasteiger partial charge in [-0.2, -0.15) is 0 Å². The Hall–Kier alpha value is -1.47. The number of halogens is 1. The van der Waals surface area contributed by atoms with Crippen LogP contribution in [0.1, 0.15) is 5.56 Å². The largest absolute Gasteiger partial charge is 0.481 e. The van der Waals surface area contributed by atoms with Crippen molar-refractivity contribution in [1.29, 1.82) is 0 Å². The summed E-state index contributed by atoms with van der Waals surface area (Å²) < 4.78 is 37.9. The lowest BCUT2D eigenvalue weighted by Gasteiger charge is -2.05. The van der Waals surface area contributed by atoms with Crippen LogP contribution < -0.4 is 4.72 Å². The van der Waals surface area contributed by atoms with E-state index >= 15 is 0 Å². The molecule has 0 fully saturated rings. The number of aliphatic carboxylic acids is 1. The van der Waals surface area contributed by atoms with E-state index in [1.54, 1.807) is 0 Å². The number of carbonyl (C=O) groups is 1. The van der Waals surface area contributed by atoms with Crippen molar-refractivity contribution < 1.29 is 22.7 Å². The van der Waals surface area contributed by atoms with Crippen LogP contribution in [-0.4, -0.2) is 26.5 Å². The van der Waals surface area contributed by atoms with E-state index < -0.39 is 26.7 Å². The molecule has 0 radical (unpaired) electrons. The van der Waals surface area contributed by atoms with Gasteiger partial charge in [-0.05, 0) is 24.7 Å². The van der Waals surface area contributed by atoms with Crippen LogP contribution in [0.15, 0.2) is 23.1 Å². The number of sulfonamides is 1. The Morgan fingerprint density at radius 2 is 2.12 bits per heavy atom. The van der Waals surface area contributed by atoms with Crippen molar-refractivity contribution in [2.24, 2.45) is 0 Å². The minimum atomic E-state index is -3.91. The molecule has 88 valence electrons. The quantitative estimate of drug-likeness (QED) is 0.804. The van der Waals surface area contributed by atoms with Crippen molar-refractivity contribution in [2.75, 3.05) is 7.05 Å². The number of benzene rings is 1. The molecule has 0 bridgehead atoms. The Bertz CT molecular complexity index is 512. The van der Waals surface area contributed by atoms with E-state index in [4.69, 9.17) is 5.11 Å². The van der Waals surface area contributed by atoms with Crippen LogP contribution in [0, 0.1) is 5.82 Å². The normalized spacial score (nSPS) is 11.4. The van der Waals surface area contributed by atoms with E-state index in [0.29, 0.717) is 0 Å². The van der Waals surface area contributed by atoms with Crippen molar-refractivity contribution in [3.8, 4) is 0 Å². The maximum atomic E-state index is 13.2. The maximum Gasteiger partial charge on any atom is 0.307 e. The number of carboxylic acid groups (broad SMARTS) is 1. The summed E-state index contributed by atoms with van der Waals surface area (Å²) in [6, 6.07) is 3.18. The van der Waals surface area contributed by atoms with Gasteiger partial charge in [-0.1, -0.05) is 6.07 Å². The van der Waals surface area contributed by atoms with Crippen molar-refractivity contribution in [3.63, 3.8) is 0 Å². The van der Waals surface area contributed by atoms with E-state index in [0.717, 1.165) is 19.2 Å². The molecule has 0 aromatic heterocycles. The van der Waals surface area contributed by atoms with Gasteiger partial charge in [-0.25, -0.2) is 17.5 Å². The molecule has 0 unspecified atom stereocenters. The molecule has 0 aliphatic carbocycles. The number of nitrogens with one attached hydrogen (secondary N) is 1. The summed E-state index contributed by atoms with van der Waals surface area (Å²) in [6.45, 7) is 0. The average Bonchev–Trinajstić information content (AvgIpc) is 2.20. The minimum absolute atomic E-state index is 0.225. The first-order valence-corrected chi connectivity index (χ1v) is 5.79. The van der Waals surface area contributed by atoms with Gasteiger partial charge in [0.1, 0.15) is 10.7 Å². The highest BCUT2D eigenvalue weighted by Gasteiger charge is 2.18. The van der Waals surface area contributed by atoms with Gasteiger partial charge in [0.05, 0.1) is 6.42 Å². The van der Waals surface area contributed by atoms with E-state index in [9.17, 15) is 17.6 Å². The van der Waals surface area contributed by atoms with Crippen LogP contribution in [0.5, 0.6) is 0 Å². The zero-order valence-electron chi connectivity index (χ0n) is 8.40. The Labute approximate surface area is 92.0 Å². The van der Waals surface area contributed by atoms with Crippen LogP contribution in [0.2, 0.25) is 0 Å². The fraction of sp³-hybridized carbons (Fsp3) is 0.222. The maximum absolute atomic E-state index is 13.2. The highest BCUT2D eigenvalue weighted by molar-refractivity contribution is 7.89. The fourth-order valence-electron chi connectivity index (χ4n) is 1.15. The second kappa shape index (κ2) is 4.58. The van der Waals surface area contributed by atoms with Crippen LogP contribution in [0.4, 0.5) is 4.39 Å². The summed E-state index contributed by atoms with van der Waals surface area (Å²) in [5.41, 5.74) is 0.225. The van der Waals surface area contributed by atoms with Gasteiger partial charge in [0.25, 0.3) is 0 Å². The number of carboxylic acids is 1. The molecule has 0 saturated carbocycles. The molecule has 0 aliphatic rings. The molecule has 1 aromatic rings. The molecular weight excluding hydrogens is 237 g/mol. The standard InChI is InChI=1S/C9H10FNO4S/c1-11-16(14,15)8-4-6(5-9(12)13)2-3-7(8)10/h2-4,11H,5H2,1H3,(H,12,13). The monoisotopic (exact) mass is 247 g/mol. The lowest BCUT2D eigenvalue weighted by molar-refractivity contribution is -0.136. The summed E-state index contributed by atoms with van der Waals surface area (Å²) in [5.74, 6) is -2.03. The summed E-state index contributed by atoms with van der Waals surface area (Å²) in [4.78, 5) is 9.88. The Balaban J connectivity index is 3.24. The second-order valence-electron chi connectivity index (χ2n) is 3.04. The van der Waals surface area contributed by atoms with Gasteiger partial charge >= 0.3 is 5.97 Å². The Morgan fingerprint density at radius 3 is 2.62 bits per heavy atom. The van der Waals surface area contributed by atoms with Crippen LogP contribution in [0.3, 0.4) is 0 Å². The number of rotatable bonds is 4. The molecule has 7 heteroatoms. The highest BCUT2D eigenvalue weighted by Crippen LogP contribution is 2.16. The molecule has 16 heavy (non-hydrogen) atoms. The van der Waals surface area contributed by atoms with Gasteiger partial charge in [0.15, 0.2) is 0 Å². The molecule has 0 aliphatic heterocycles. The second-order valence-corrected chi connectivity index (χ2v) is 4.90. The molecular formula is C9H10FNO4S. The molecule has 5 nitrogen and oxygen atoms in total. The first kappa shape index (κ1) is 12.6. The average molecular weight is 247 g/mol. The smallest absolute Gasteiger partial charge is 0.307 e. The lowest BCUT2D eigenvalue weighted by atomic mass is 10.1. The highest BCUT2D eigenvalue weighted by atomic mass is 32.2. The van der Waals surface area contributed by atoms with Gasteiger partial charge in [-0.15, -0.1) is 0 Å². The molecule has 0 spiro atoms. The van der Waals surface area contributed by atoms with Crippen molar-refractivity contribution in [3.05, 3.63) is 29.6 Å². The zero-order valence-corrected chi connectivity index (χ0v) is 9.21. The predicted molar refractivity (Wildman–Crippen MR) is 54.0 cm³/mol. The molecule has 0 amide bonds. The number of hydrogen-bond acceptors (Lipinski definition) is 3. The van der Waals surface area contributed by atoms with E-state index in [2.05, 4.69) is 0 Å². The van der Waals surface area contributed by atoms with Crippen LogP contribution in [-0.2, 0) is 21.2 Å². The molecule has 0 heterocycles. The van der Waals surface area contributed by atoms with Gasteiger partial charge in [0, 0.05) is 0 Å². The van der Waals surface area contributed by atoms with Crippen LogP contribution in [0.25, 0.3) is 0 Å². The van der Waals surface area contributed by atoms with Gasteiger partial charge in [0.2, 0.25) is 10.0 Å². The topological polar surface area (TPSA) is 83.5 Å². The van der Waals surface area contributed by atoms with Crippen molar-refractivity contribution in [2.45, 2.75) is 11.3 Å². The van der Waals surface area contributed by atoms with E-state index in [1.165, 1.54) is 6.07 Å². The Kier molecular flexibility index (Phi) is 3.61. The Morgan fingerprint density at radius 1 is 1.50 bits per heavy atom. The summed E-state index contributed by atoms with van der Waals surface area (Å²) in [6.07, 6.45) is -0.355. The SMILES string of the molecule is CNS(=O)(=O)c1cc(CC(=O)O)ccc1F. The third kappa shape index (κ3) is 2.77. The first-order chi connectivity index (χ1) is 7.36. The molecule has 0 atom stereocenters. The molecule has 1 rings (SSSR count). The zero-order chi connectivity index (χ0) is 12.3. The van der Waals surface area contributed by atoms with Crippen molar-refractivity contribution >= 4 is 16.0 Å². The summed E-state index contributed by atoms with van der Waals surface area (Å²) in [7, 11) is -2.75. The first-order valence-electron chi connectivity index (χ1n) is 4.30. The van der Waals surface area contributed by atoms with Gasteiger partial charge < -0.3 is 5.11 Å². The number of hydrogen-bond donors (Lipinski definition) is 2. The summed E-state index contributed by atoms with van der Waals surface area (Å²) in [5, 5.41) is 8.53. The third-order valence-electron chi connectivity index (χ3n) is 1.91. The lowest BCUT2D eigenvalue weighted by Crippen LogP contribution is -2.20. The van der Waals surface area contributed by atoms with E-state index in [-0.39, 0.29) is 12.0 Å². The summed E-state index contributed by atoms with van der Waals surface area (Å²) >= 11 is 0. The van der Waals surface area contributed by atoms with Crippen molar-refractivity contribution in [1.82, 2.24) is 4.72 Å². The fourth-order valence-corrected chi connectivity index (χ4v) is 2.00. The van der Waals surface area contributed by atoms with E-state index in [1.807, 2.05) is 4.72 Å². The minimum Gasteiger partial charge on any atom is -0.481 e. The third-order valence-corrected chi connectivity index (χ3v) is 3.34. The predicted octanol–water partition coefficient (Wildman–Crippen LogP) is 0.361. The van der Waals surface area contributed by atoms with Crippen LogP contribution >= 0.6 is 0 Å². The van der Waals surface area contributed by atoms with Gasteiger partial charge in [-0.3, -0.25) is 4.79 Å².